The highest BCUT2D eigenvalue weighted by molar-refractivity contribution is 5.80. The SMILES string of the molecule is CCOC(=O)C(C)OC(=O)Cc1c(C)cccc1C. The highest BCUT2D eigenvalue weighted by Gasteiger charge is 2.19. The molecule has 1 unspecified atom stereocenters. The van der Waals surface area contributed by atoms with Crippen LogP contribution in [0.1, 0.15) is 30.5 Å². The van der Waals surface area contributed by atoms with E-state index in [0.29, 0.717) is 0 Å². The van der Waals surface area contributed by atoms with E-state index in [1.165, 1.54) is 6.92 Å². The fourth-order valence-corrected chi connectivity index (χ4v) is 1.82. The molecule has 0 radical (unpaired) electrons. The monoisotopic (exact) mass is 264 g/mol. The molecule has 0 aromatic heterocycles. The number of esters is 2. The Morgan fingerprint density at radius 1 is 1.21 bits per heavy atom. The lowest BCUT2D eigenvalue weighted by atomic mass is 10.0. The van der Waals surface area contributed by atoms with E-state index in [9.17, 15) is 9.59 Å². The minimum absolute atomic E-state index is 0.169. The van der Waals surface area contributed by atoms with Gasteiger partial charge in [0.2, 0.25) is 0 Å². The molecule has 1 aromatic rings. The van der Waals surface area contributed by atoms with Crippen LogP contribution in [0.15, 0.2) is 18.2 Å². The first-order valence-corrected chi connectivity index (χ1v) is 6.37. The third-order valence-corrected chi connectivity index (χ3v) is 2.89. The van der Waals surface area contributed by atoms with Crippen molar-refractivity contribution in [3.8, 4) is 0 Å². The second kappa shape index (κ2) is 6.92. The average molecular weight is 264 g/mol. The van der Waals surface area contributed by atoms with Gasteiger partial charge in [0.15, 0.2) is 6.10 Å². The summed E-state index contributed by atoms with van der Waals surface area (Å²) < 4.78 is 9.85. The Kier molecular flexibility index (Phi) is 5.55. The van der Waals surface area contributed by atoms with E-state index in [-0.39, 0.29) is 13.0 Å². The van der Waals surface area contributed by atoms with Crippen LogP contribution < -0.4 is 0 Å². The van der Waals surface area contributed by atoms with Gasteiger partial charge >= 0.3 is 11.9 Å². The highest BCUT2D eigenvalue weighted by atomic mass is 16.6. The zero-order valence-corrected chi connectivity index (χ0v) is 11.9. The minimum Gasteiger partial charge on any atom is -0.463 e. The van der Waals surface area contributed by atoms with Crippen LogP contribution in [0.2, 0.25) is 0 Å². The van der Waals surface area contributed by atoms with Crippen LogP contribution in [-0.4, -0.2) is 24.6 Å². The standard InChI is InChI=1S/C15H20O4/c1-5-18-15(17)12(4)19-14(16)9-13-10(2)7-6-8-11(13)3/h6-8,12H,5,9H2,1-4H3. The maximum absolute atomic E-state index is 11.8. The molecule has 0 aliphatic heterocycles. The van der Waals surface area contributed by atoms with Gasteiger partial charge in [-0.05, 0) is 44.4 Å². The fourth-order valence-electron chi connectivity index (χ4n) is 1.82. The quantitative estimate of drug-likeness (QED) is 0.766. The van der Waals surface area contributed by atoms with Crippen LogP contribution in [0, 0.1) is 13.8 Å². The van der Waals surface area contributed by atoms with E-state index >= 15 is 0 Å². The fraction of sp³-hybridized carbons (Fsp3) is 0.467. The molecule has 0 N–H and O–H groups in total. The number of hydrogen-bond acceptors (Lipinski definition) is 4. The third-order valence-electron chi connectivity index (χ3n) is 2.89. The van der Waals surface area contributed by atoms with Crippen molar-refractivity contribution in [3.05, 3.63) is 34.9 Å². The normalized spacial score (nSPS) is 11.8. The molecule has 0 fully saturated rings. The Hall–Kier alpha value is -1.84. The molecule has 104 valence electrons. The van der Waals surface area contributed by atoms with Crippen molar-refractivity contribution < 1.29 is 19.1 Å². The first kappa shape index (κ1) is 15.2. The van der Waals surface area contributed by atoms with Gasteiger partial charge in [0.25, 0.3) is 0 Å². The predicted octanol–water partition coefficient (Wildman–Crippen LogP) is 2.34. The summed E-state index contributed by atoms with van der Waals surface area (Å²) in [7, 11) is 0. The Morgan fingerprint density at radius 2 is 1.79 bits per heavy atom. The van der Waals surface area contributed by atoms with Crippen molar-refractivity contribution in [2.75, 3.05) is 6.61 Å². The molecule has 1 atom stereocenters. The maximum atomic E-state index is 11.8. The molecule has 0 heterocycles. The second-order valence-corrected chi connectivity index (χ2v) is 4.43. The van der Waals surface area contributed by atoms with Crippen molar-refractivity contribution in [2.45, 2.75) is 40.2 Å². The minimum atomic E-state index is -0.864. The van der Waals surface area contributed by atoms with Crippen molar-refractivity contribution in [2.24, 2.45) is 0 Å². The molecule has 0 saturated heterocycles. The van der Waals surface area contributed by atoms with Crippen LogP contribution >= 0.6 is 0 Å². The molecule has 1 aromatic carbocycles. The molecule has 0 saturated carbocycles. The Morgan fingerprint density at radius 3 is 2.32 bits per heavy atom. The van der Waals surface area contributed by atoms with Crippen LogP contribution in [0.3, 0.4) is 0 Å². The van der Waals surface area contributed by atoms with Gasteiger partial charge in [-0.1, -0.05) is 18.2 Å². The number of carbonyl (C=O) groups is 2. The van der Waals surface area contributed by atoms with Crippen molar-refractivity contribution >= 4 is 11.9 Å². The molecule has 4 nitrogen and oxygen atoms in total. The van der Waals surface area contributed by atoms with Crippen LogP contribution in [0.5, 0.6) is 0 Å². The summed E-state index contributed by atoms with van der Waals surface area (Å²) in [5.74, 6) is -0.935. The average Bonchev–Trinajstić information content (AvgIpc) is 2.34. The summed E-state index contributed by atoms with van der Waals surface area (Å²) in [5, 5.41) is 0. The Labute approximate surface area is 113 Å². The molecular weight excluding hydrogens is 244 g/mol. The molecular formula is C15H20O4. The molecule has 0 bridgehead atoms. The summed E-state index contributed by atoms with van der Waals surface area (Å²) >= 11 is 0. The maximum Gasteiger partial charge on any atom is 0.347 e. The number of ether oxygens (including phenoxy) is 2. The molecule has 0 aliphatic rings. The van der Waals surface area contributed by atoms with Crippen LogP contribution in [0.25, 0.3) is 0 Å². The molecule has 0 aliphatic carbocycles. The number of benzene rings is 1. The van der Waals surface area contributed by atoms with Gasteiger partial charge in [-0.15, -0.1) is 0 Å². The Balaban J connectivity index is 2.63. The summed E-state index contributed by atoms with van der Waals surface area (Å²) in [5.41, 5.74) is 3.03. The zero-order valence-electron chi connectivity index (χ0n) is 11.9. The highest BCUT2D eigenvalue weighted by Crippen LogP contribution is 2.14. The van der Waals surface area contributed by atoms with Gasteiger partial charge in [-0.3, -0.25) is 4.79 Å². The summed E-state index contributed by atoms with van der Waals surface area (Å²) in [6.07, 6.45) is -0.695. The molecule has 19 heavy (non-hydrogen) atoms. The topological polar surface area (TPSA) is 52.6 Å². The largest absolute Gasteiger partial charge is 0.463 e. The molecule has 0 amide bonds. The lowest BCUT2D eigenvalue weighted by Crippen LogP contribution is -2.27. The number of carbonyl (C=O) groups excluding carboxylic acids is 2. The van der Waals surface area contributed by atoms with Crippen LogP contribution in [0.4, 0.5) is 0 Å². The van der Waals surface area contributed by atoms with Gasteiger partial charge in [0.1, 0.15) is 0 Å². The smallest absolute Gasteiger partial charge is 0.347 e. The van der Waals surface area contributed by atoms with E-state index in [1.807, 2.05) is 32.0 Å². The number of aryl methyl sites for hydroxylation is 2. The summed E-state index contributed by atoms with van der Waals surface area (Å²) in [4.78, 5) is 23.2. The lowest BCUT2D eigenvalue weighted by Gasteiger charge is -2.13. The van der Waals surface area contributed by atoms with E-state index in [4.69, 9.17) is 9.47 Å². The van der Waals surface area contributed by atoms with E-state index < -0.39 is 18.0 Å². The van der Waals surface area contributed by atoms with Crippen molar-refractivity contribution in [1.29, 1.82) is 0 Å². The number of rotatable bonds is 5. The van der Waals surface area contributed by atoms with E-state index in [0.717, 1.165) is 16.7 Å². The molecule has 0 spiro atoms. The third kappa shape index (κ3) is 4.39. The molecule has 4 heteroatoms. The molecule has 1 rings (SSSR count). The van der Waals surface area contributed by atoms with Gasteiger partial charge in [0, 0.05) is 0 Å². The van der Waals surface area contributed by atoms with Gasteiger partial charge in [-0.2, -0.15) is 0 Å². The van der Waals surface area contributed by atoms with Crippen molar-refractivity contribution in [1.82, 2.24) is 0 Å². The second-order valence-electron chi connectivity index (χ2n) is 4.43. The first-order chi connectivity index (χ1) is 8.95. The number of hydrogen-bond donors (Lipinski definition) is 0. The van der Waals surface area contributed by atoms with Crippen molar-refractivity contribution in [3.63, 3.8) is 0 Å². The van der Waals surface area contributed by atoms with Gasteiger partial charge in [0.05, 0.1) is 13.0 Å². The van der Waals surface area contributed by atoms with Crippen LogP contribution in [-0.2, 0) is 25.5 Å². The zero-order chi connectivity index (χ0) is 14.4. The van der Waals surface area contributed by atoms with E-state index in [1.54, 1.807) is 6.92 Å². The van der Waals surface area contributed by atoms with Gasteiger partial charge in [-0.25, -0.2) is 4.79 Å². The summed E-state index contributed by atoms with van der Waals surface area (Å²) in [6.45, 7) is 7.40. The lowest BCUT2D eigenvalue weighted by molar-refractivity contribution is -0.165. The van der Waals surface area contributed by atoms with E-state index in [2.05, 4.69) is 0 Å². The Bertz CT molecular complexity index is 445. The predicted molar refractivity (Wildman–Crippen MR) is 71.8 cm³/mol. The van der Waals surface area contributed by atoms with Gasteiger partial charge < -0.3 is 9.47 Å². The first-order valence-electron chi connectivity index (χ1n) is 6.37. The summed E-state index contributed by atoms with van der Waals surface area (Å²) in [6, 6.07) is 5.84.